The number of carbonyl (C=O) groups excluding carboxylic acids is 2. The first-order valence-electron chi connectivity index (χ1n) is 20.2. The van der Waals surface area contributed by atoms with Crippen molar-refractivity contribution in [3.05, 3.63) is 138 Å². The van der Waals surface area contributed by atoms with Gasteiger partial charge in [-0.2, -0.15) is 13.2 Å². The normalized spacial score (nSPS) is 17.1. The average Bonchev–Trinajstić information content (AvgIpc) is 4.10. The van der Waals surface area contributed by atoms with Gasteiger partial charge >= 0.3 is 12.3 Å². The number of likely N-dealkylation sites (tertiary alicyclic amines) is 2. The van der Waals surface area contributed by atoms with Crippen molar-refractivity contribution in [3.8, 4) is 33.6 Å². The van der Waals surface area contributed by atoms with Crippen molar-refractivity contribution in [1.82, 2.24) is 35.1 Å². The second-order valence-corrected chi connectivity index (χ2v) is 15.6. The van der Waals surface area contributed by atoms with E-state index in [0.717, 1.165) is 52.5 Å². The number of imidazole rings is 2. The molecule has 2 aliphatic heterocycles. The summed E-state index contributed by atoms with van der Waals surface area (Å²) in [6.07, 6.45) is 0.441. The first-order chi connectivity index (χ1) is 29.4. The fourth-order valence-electron chi connectivity index (χ4n) is 8.63. The smallest absolute Gasteiger partial charge is 0.418 e. The second-order valence-electron chi connectivity index (χ2n) is 15.6. The van der Waals surface area contributed by atoms with E-state index in [0.29, 0.717) is 48.7 Å². The molecule has 0 saturated carbocycles. The second kappa shape index (κ2) is 17.0. The molecule has 2 aromatic heterocycles. The van der Waals surface area contributed by atoms with Crippen molar-refractivity contribution in [1.29, 1.82) is 0 Å². The predicted molar refractivity (Wildman–Crippen MR) is 224 cm³/mol. The molecule has 12 nitrogen and oxygen atoms in total. The van der Waals surface area contributed by atoms with Gasteiger partial charge in [-0.1, -0.05) is 91.0 Å². The van der Waals surface area contributed by atoms with Gasteiger partial charge in [0.2, 0.25) is 5.91 Å². The molecule has 2 fully saturated rings. The third-order valence-corrected chi connectivity index (χ3v) is 11.5. The number of nitrogens with zero attached hydrogens (tertiary/aromatic N) is 5. The Morgan fingerprint density at radius 1 is 0.754 bits per heavy atom. The number of benzene rings is 4. The molecule has 4 N–H and O–H groups in total. The van der Waals surface area contributed by atoms with Crippen LogP contribution >= 0.6 is 0 Å². The number of amides is 3. The number of nitrogens with one attached hydrogen (secondary N) is 3. The van der Waals surface area contributed by atoms with Gasteiger partial charge in [-0.25, -0.2) is 14.8 Å². The molecule has 4 heterocycles. The molecule has 3 atom stereocenters. The summed E-state index contributed by atoms with van der Waals surface area (Å²) < 4.78 is 41.5. The molecule has 8 rings (SSSR count). The van der Waals surface area contributed by atoms with Gasteiger partial charge in [0.25, 0.3) is 5.91 Å². The third-order valence-electron chi connectivity index (χ3n) is 11.5. The fourth-order valence-corrected chi connectivity index (χ4v) is 8.63. The van der Waals surface area contributed by atoms with Crippen molar-refractivity contribution in [2.24, 2.45) is 0 Å². The van der Waals surface area contributed by atoms with Crippen LogP contribution in [0.5, 0.6) is 0 Å². The molecule has 2 saturated heterocycles. The van der Waals surface area contributed by atoms with Gasteiger partial charge in [-0.15, -0.1) is 0 Å². The van der Waals surface area contributed by atoms with Crippen LogP contribution < -0.4 is 10.2 Å². The van der Waals surface area contributed by atoms with Crippen molar-refractivity contribution in [2.75, 3.05) is 32.1 Å². The molecule has 0 aliphatic carbocycles. The summed E-state index contributed by atoms with van der Waals surface area (Å²) in [5.74, 6) is 0.714. The number of hydrogen-bond donors (Lipinski definition) is 4. The molecule has 0 radical (unpaired) electrons. The first kappa shape index (κ1) is 40.9. The van der Waals surface area contributed by atoms with Crippen molar-refractivity contribution >= 4 is 23.6 Å². The molecule has 4 aromatic carbocycles. The van der Waals surface area contributed by atoms with Crippen LogP contribution in [0, 0.1) is 0 Å². The zero-order valence-corrected chi connectivity index (χ0v) is 33.6. The van der Waals surface area contributed by atoms with E-state index in [4.69, 9.17) is 0 Å². The van der Waals surface area contributed by atoms with Crippen LogP contribution in [0.4, 0.5) is 23.7 Å². The van der Waals surface area contributed by atoms with E-state index in [1.807, 2.05) is 54.6 Å². The number of carbonyl (C=O) groups is 3. The Balaban J connectivity index is 0.920. The lowest BCUT2D eigenvalue weighted by Crippen LogP contribution is -2.42. The zero-order chi connectivity index (χ0) is 42.8. The number of carboxylic acid groups (broad SMARTS) is 1. The van der Waals surface area contributed by atoms with Gasteiger partial charge in [0.1, 0.15) is 17.7 Å². The van der Waals surface area contributed by atoms with E-state index >= 15 is 0 Å². The monoisotopic (exact) mass is 830 g/mol. The number of H-pyrrole nitrogens is 2. The Morgan fingerprint density at radius 3 is 1.80 bits per heavy atom. The number of alkyl halides is 3. The minimum atomic E-state index is -4.54. The molecule has 6 aromatic rings. The highest BCUT2D eigenvalue weighted by Crippen LogP contribution is 2.40. The van der Waals surface area contributed by atoms with E-state index in [-0.39, 0.29) is 36.0 Å². The number of aromatic amines is 2. The van der Waals surface area contributed by atoms with Crippen LogP contribution in [0.2, 0.25) is 0 Å². The lowest BCUT2D eigenvalue weighted by atomic mass is 10.0. The minimum absolute atomic E-state index is 0.000892. The van der Waals surface area contributed by atoms with E-state index in [2.05, 4.69) is 25.3 Å². The standard InChI is InChI=1S/C46H45F3N8O4/c1-55(2)41-33(11-6-12-34(41)46(47,48)49)25-39(58)56-23-7-13-37(56)42-50-26-35(52-42)30-19-15-28(16-20-30)29-17-21-31(22-18-29)36-27-51-43(53-36)38-14-8-24-57(38)44(59)40(54-45(60)61)32-9-4-3-5-10-32/h3-6,9-12,15-22,26-27,37-38,40,54H,7-8,13-14,23-25H2,1-2H3,(H,50,52)(H,51,53)(H,60,61)/t37-,38-,40+/m0/s1. The van der Waals surface area contributed by atoms with Gasteiger partial charge in [-0.3, -0.25) is 9.59 Å². The van der Waals surface area contributed by atoms with Crippen LogP contribution in [-0.4, -0.2) is 79.9 Å². The molecular weight excluding hydrogens is 786 g/mol. The van der Waals surface area contributed by atoms with Crippen LogP contribution in [-0.2, 0) is 22.2 Å². The Bertz CT molecular complexity index is 2520. The average molecular weight is 831 g/mol. The Morgan fingerprint density at radius 2 is 1.28 bits per heavy atom. The predicted octanol–water partition coefficient (Wildman–Crippen LogP) is 8.80. The van der Waals surface area contributed by atoms with Crippen LogP contribution in [0.15, 0.2) is 109 Å². The SMILES string of the molecule is CN(C)c1c(CC(=O)N2CCC[C@H]2c2ncc(-c3ccc(-c4ccc(-c5cnc([C@@H]6CCCN6C(=O)[C@H](NC(=O)O)c6ccccc6)[nH]5)cc4)cc3)[nH]2)cccc1C(F)(F)F. The van der Waals surface area contributed by atoms with Gasteiger partial charge in [-0.05, 0) is 65.1 Å². The molecule has 61 heavy (non-hydrogen) atoms. The van der Waals surface area contributed by atoms with Crippen LogP contribution in [0.25, 0.3) is 33.6 Å². The number of rotatable bonds is 11. The summed E-state index contributed by atoms with van der Waals surface area (Å²) in [4.78, 5) is 59.9. The van der Waals surface area contributed by atoms with Crippen molar-refractivity contribution in [3.63, 3.8) is 0 Å². The quantitative estimate of drug-likeness (QED) is 0.102. The van der Waals surface area contributed by atoms with Crippen molar-refractivity contribution < 1.29 is 32.7 Å². The van der Waals surface area contributed by atoms with Crippen molar-refractivity contribution in [2.45, 2.75) is 56.4 Å². The molecule has 0 spiro atoms. The number of para-hydroxylation sites is 1. The maximum atomic E-state index is 13.8. The van der Waals surface area contributed by atoms with E-state index < -0.39 is 23.9 Å². The summed E-state index contributed by atoms with van der Waals surface area (Å²) in [6.45, 7) is 0.987. The topological polar surface area (TPSA) is 151 Å². The van der Waals surface area contributed by atoms with Gasteiger partial charge in [0, 0.05) is 27.2 Å². The highest BCUT2D eigenvalue weighted by Gasteiger charge is 2.38. The molecule has 314 valence electrons. The lowest BCUT2D eigenvalue weighted by molar-refractivity contribution is -0.137. The Labute approximate surface area is 350 Å². The highest BCUT2D eigenvalue weighted by atomic mass is 19.4. The highest BCUT2D eigenvalue weighted by molar-refractivity contribution is 5.87. The Kier molecular flexibility index (Phi) is 11.4. The lowest BCUT2D eigenvalue weighted by Gasteiger charge is -2.28. The van der Waals surface area contributed by atoms with Crippen LogP contribution in [0.1, 0.15) is 72.1 Å². The molecule has 3 amide bonds. The maximum absolute atomic E-state index is 13.8. The number of anilines is 1. The number of halogens is 3. The van der Waals surface area contributed by atoms with Gasteiger partial charge in [0.05, 0.1) is 53.5 Å². The molecule has 15 heteroatoms. The Hall–Kier alpha value is -6.90. The summed E-state index contributed by atoms with van der Waals surface area (Å²) in [5.41, 5.74) is 5.56. The summed E-state index contributed by atoms with van der Waals surface area (Å²) in [6, 6.07) is 27.2. The van der Waals surface area contributed by atoms with Crippen LogP contribution in [0.3, 0.4) is 0 Å². The third kappa shape index (κ3) is 8.58. The summed E-state index contributed by atoms with van der Waals surface area (Å²) in [7, 11) is 3.10. The molecular formula is C46H45F3N8O4. The van der Waals surface area contributed by atoms with Gasteiger partial charge in [0.15, 0.2) is 0 Å². The molecule has 0 unspecified atom stereocenters. The number of aromatic nitrogens is 4. The van der Waals surface area contributed by atoms with Gasteiger partial charge < -0.3 is 35.1 Å². The minimum Gasteiger partial charge on any atom is -0.465 e. The van der Waals surface area contributed by atoms with E-state index in [1.165, 1.54) is 11.0 Å². The molecule has 2 aliphatic rings. The molecule has 0 bridgehead atoms. The fraction of sp³-hybridized carbons (Fsp3) is 0.283. The number of hydrogen-bond acceptors (Lipinski definition) is 6. The van der Waals surface area contributed by atoms with E-state index in [1.54, 1.807) is 66.6 Å². The summed E-state index contributed by atoms with van der Waals surface area (Å²) in [5, 5.41) is 11.9. The maximum Gasteiger partial charge on any atom is 0.418 e. The van der Waals surface area contributed by atoms with E-state index in [9.17, 15) is 32.7 Å². The summed E-state index contributed by atoms with van der Waals surface area (Å²) >= 11 is 0. The largest absolute Gasteiger partial charge is 0.465 e. The first-order valence-corrected chi connectivity index (χ1v) is 20.2. The zero-order valence-electron chi connectivity index (χ0n) is 33.6.